The first-order valence-corrected chi connectivity index (χ1v) is 10.3. The summed E-state index contributed by atoms with van der Waals surface area (Å²) in [5.41, 5.74) is 0.735. The van der Waals surface area contributed by atoms with Crippen LogP contribution in [0.1, 0.15) is 31.2 Å². The van der Waals surface area contributed by atoms with Crippen LogP contribution in [-0.4, -0.2) is 67.2 Å². The second kappa shape index (κ2) is 11.5. The van der Waals surface area contributed by atoms with Crippen LogP contribution in [0.25, 0.3) is 0 Å². The van der Waals surface area contributed by atoms with Crippen LogP contribution in [0.5, 0.6) is 0 Å². The average Bonchev–Trinajstić information content (AvgIpc) is 2.94. The molecule has 3 aliphatic rings. The van der Waals surface area contributed by atoms with Gasteiger partial charge in [-0.1, -0.05) is 18.2 Å². The minimum Gasteiger partial charge on any atom is -0.375 e. The van der Waals surface area contributed by atoms with E-state index in [0.717, 1.165) is 70.6 Å². The molecule has 2 aliphatic heterocycles. The number of hydrogen-bond acceptors (Lipinski definition) is 4. The summed E-state index contributed by atoms with van der Waals surface area (Å²) >= 11 is 0. The van der Waals surface area contributed by atoms with E-state index in [1.807, 2.05) is 17.0 Å². The molecule has 1 N–H and O–H groups in total. The quantitative estimate of drug-likeness (QED) is 0.773. The molecule has 2 saturated heterocycles. The van der Waals surface area contributed by atoms with Gasteiger partial charge >= 0.3 is 0 Å². The van der Waals surface area contributed by atoms with Crippen molar-refractivity contribution < 1.29 is 13.9 Å². The first-order chi connectivity index (χ1) is 13.2. The molecule has 1 saturated carbocycles. The van der Waals surface area contributed by atoms with E-state index >= 15 is 0 Å². The summed E-state index contributed by atoms with van der Waals surface area (Å²) in [5.74, 6) is 0.265. The lowest BCUT2D eigenvalue weighted by Crippen LogP contribution is -2.53. The van der Waals surface area contributed by atoms with Crippen LogP contribution in [0.4, 0.5) is 4.39 Å². The number of ether oxygens (including phenoxy) is 1. The van der Waals surface area contributed by atoms with E-state index < -0.39 is 0 Å². The van der Waals surface area contributed by atoms with Gasteiger partial charge in [0.2, 0.25) is 5.91 Å². The number of rotatable bonds is 3. The van der Waals surface area contributed by atoms with Crippen LogP contribution < -0.4 is 5.32 Å². The number of hydrogen-bond donors (Lipinski definition) is 1. The molecule has 1 amide bonds. The highest BCUT2D eigenvalue weighted by Gasteiger charge is 2.37. The minimum atomic E-state index is -0.145. The fourth-order valence-corrected chi connectivity index (χ4v) is 4.71. The first-order valence-electron chi connectivity index (χ1n) is 10.3. The zero-order chi connectivity index (χ0) is 18.6. The van der Waals surface area contributed by atoms with Gasteiger partial charge in [0, 0.05) is 56.8 Å². The van der Waals surface area contributed by atoms with Crippen LogP contribution in [-0.2, 0) is 16.1 Å². The fourth-order valence-electron chi connectivity index (χ4n) is 4.71. The summed E-state index contributed by atoms with van der Waals surface area (Å²) < 4.78 is 19.8. The molecule has 3 atom stereocenters. The Bertz CT molecular complexity index is 667. The van der Waals surface area contributed by atoms with Crippen molar-refractivity contribution in [3.05, 3.63) is 35.6 Å². The molecule has 0 unspecified atom stereocenters. The molecule has 1 aromatic rings. The standard InChI is InChI=1S/C21H30FN3O2.2ClH/c22-18-5-2-1-4-17(18)15-24-9-3-10-25(12-11-24)21(26)16-6-7-20-19(14-16)23-8-13-27-20;;/h1-2,4-5,16,19-20,23H,3,6-15H2;2*1H/t16-,19+,20+;;/m0../s1. The second-order valence-electron chi connectivity index (χ2n) is 8.03. The Morgan fingerprint density at radius 2 is 1.97 bits per heavy atom. The maximum absolute atomic E-state index is 13.9. The van der Waals surface area contributed by atoms with Crippen LogP contribution >= 0.6 is 24.8 Å². The lowest BCUT2D eigenvalue weighted by molar-refractivity contribution is -0.138. The molecule has 1 aromatic carbocycles. The molecule has 164 valence electrons. The van der Waals surface area contributed by atoms with Crippen molar-refractivity contribution in [1.29, 1.82) is 0 Å². The zero-order valence-electron chi connectivity index (χ0n) is 16.7. The molecule has 0 aromatic heterocycles. The molecule has 0 spiro atoms. The predicted molar refractivity (Wildman–Crippen MR) is 116 cm³/mol. The second-order valence-corrected chi connectivity index (χ2v) is 8.03. The van der Waals surface area contributed by atoms with Gasteiger partial charge in [-0.25, -0.2) is 4.39 Å². The number of amides is 1. The SMILES string of the molecule is Cl.Cl.O=C([C@H]1CC[C@H]2OCCN[C@@H]2C1)N1CCCN(Cc2ccccc2F)CC1. The third-order valence-electron chi connectivity index (χ3n) is 6.23. The highest BCUT2D eigenvalue weighted by molar-refractivity contribution is 5.85. The van der Waals surface area contributed by atoms with Gasteiger partial charge in [0.25, 0.3) is 0 Å². The van der Waals surface area contributed by atoms with Crippen molar-refractivity contribution in [2.75, 3.05) is 39.3 Å². The summed E-state index contributed by atoms with van der Waals surface area (Å²) in [6.45, 7) is 5.54. The largest absolute Gasteiger partial charge is 0.375 e. The van der Waals surface area contributed by atoms with E-state index in [1.165, 1.54) is 6.07 Å². The van der Waals surface area contributed by atoms with Gasteiger partial charge in [-0.05, 0) is 31.7 Å². The van der Waals surface area contributed by atoms with Gasteiger partial charge in [-0.3, -0.25) is 9.69 Å². The Morgan fingerprint density at radius 1 is 1.14 bits per heavy atom. The summed E-state index contributed by atoms with van der Waals surface area (Å²) in [4.78, 5) is 17.4. The predicted octanol–water partition coefficient (Wildman–Crippen LogP) is 2.86. The Morgan fingerprint density at radius 3 is 2.79 bits per heavy atom. The number of carbonyl (C=O) groups is 1. The van der Waals surface area contributed by atoms with Gasteiger partial charge in [0.05, 0.1) is 12.7 Å². The molecular weight excluding hydrogens is 416 g/mol. The minimum absolute atomic E-state index is 0. The van der Waals surface area contributed by atoms with Crippen LogP contribution in [0.15, 0.2) is 24.3 Å². The highest BCUT2D eigenvalue weighted by Crippen LogP contribution is 2.30. The maximum atomic E-state index is 13.9. The maximum Gasteiger partial charge on any atom is 0.225 e. The lowest BCUT2D eigenvalue weighted by atomic mass is 9.82. The van der Waals surface area contributed by atoms with E-state index in [0.29, 0.717) is 18.5 Å². The third kappa shape index (κ3) is 6.05. The van der Waals surface area contributed by atoms with Crippen LogP contribution in [0, 0.1) is 11.7 Å². The van der Waals surface area contributed by atoms with Gasteiger partial charge < -0.3 is 15.0 Å². The fraction of sp³-hybridized carbons (Fsp3) is 0.667. The Balaban J connectivity index is 0.00000150. The Labute approximate surface area is 185 Å². The molecule has 5 nitrogen and oxygen atoms in total. The molecule has 4 rings (SSSR count). The average molecular weight is 448 g/mol. The summed E-state index contributed by atoms with van der Waals surface area (Å²) in [5, 5.41) is 3.52. The molecule has 0 bridgehead atoms. The number of morpholine rings is 1. The summed E-state index contributed by atoms with van der Waals surface area (Å²) in [7, 11) is 0. The number of nitrogens with one attached hydrogen (secondary N) is 1. The van der Waals surface area contributed by atoms with Gasteiger partial charge in [0.15, 0.2) is 0 Å². The van der Waals surface area contributed by atoms with Crippen LogP contribution in [0.2, 0.25) is 0 Å². The van der Waals surface area contributed by atoms with Crippen LogP contribution in [0.3, 0.4) is 0 Å². The number of benzene rings is 1. The van der Waals surface area contributed by atoms with E-state index in [1.54, 1.807) is 6.07 Å². The smallest absolute Gasteiger partial charge is 0.225 e. The van der Waals surface area contributed by atoms with E-state index in [9.17, 15) is 9.18 Å². The molecule has 29 heavy (non-hydrogen) atoms. The normalized spacial score (nSPS) is 27.8. The molecule has 8 heteroatoms. The topological polar surface area (TPSA) is 44.8 Å². The lowest BCUT2D eigenvalue weighted by Gasteiger charge is -2.40. The molecule has 3 fully saturated rings. The number of carbonyl (C=O) groups excluding carboxylic acids is 1. The number of nitrogens with zero attached hydrogens (tertiary/aromatic N) is 2. The highest BCUT2D eigenvalue weighted by atomic mass is 35.5. The van der Waals surface area contributed by atoms with Crippen molar-refractivity contribution in [3.63, 3.8) is 0 Å². The Kier molecular flexibility index (Phi) is 9.63. The molecular formula is C21H32Cl2FN3O2. The van der Waals surface area contributed by atoms with Crippen molar-refractivity contribution in [1.82, 2.24) is 15.1 Å². The summed E-state index contributed by atoms with van der Waals surface area (Å²) in [6, 6.07) is 7.29. The Hall–Kier alpha value is -0.920. The monoisotopic (exact) mass is 447 g/mol. The zero-order valence-corrected chi connectivity index (χ0v) is 18.4. The molecule has 1 aliphatic carbocycles. The van der Waals surface area contributed by atoms with Gasteiger partial charge in [-0.2, -0.15) is 0 Å². The van der Waals surface area contributed by atoms with Gasteiger partial charge in [0.1, 0.15) is 5.82 Å². The van der Waals surface area contributed by atoms with Crippen molar-refractivity contribution in [2.45, 2.75) is 44.4 Å². The first kappa shape index (κ1) is 24.4. The number of halogens is 3. The molecule has 0 radical (unpaired) electrons. The van der Waals surface area contributed by atoms with E-state index in [2.05, 4.69) is 10.2 Å². The van der Waals surface area contributed by atoms with E-state index in [-0.39, 0.29) is 42.7 Å². The number of fused-ring (bicyclic) bond motifs is 1. The van der Waals surface area contributed by atoms with Crippen molar-refractivity contribution >= 4 is 30.7 Å². The molecule has 2 heterocycles. The third-order valence-corrected chi connectivity index (χ3v) is 6.23. The van der Waals surface area contributed by atoms with Crippen molar-refractivity contribution in [3.8, 4) is 0 Å². The van der Waals surface area contributed by atoms with Gasteiger partial charge in [-0.15, -0.1) is 24.8 Å². The summed E-state index contributed by atoms with van der Waals surface area (Å²) in [6.07, 6.45) is 4.01. The van der Waals surface area contributed by atoms with E-state index in [4.69, 9.17) is 4.74 Å². The van der Waals surface area contributed by atoms with Crippen molar-refractivity contribution in [2.24, 2.45) is 5.92 Å².